The lowest BCUT2D eigenvalue weighted by molar-refractivity contribution is -0.142. The lowest BCUT2D eigenvalue weighted by atomic mass is 10.3. The molecule has 0 atom stereocenters. The van der Waals surface area contributed by atoms with Gasteiger partial charge in [-0.3, -0.25) is 4.98 Å². The molecule has 0 bridgehead atoms. The molecule has 8 heteroatoms. The first-order valence-corrected chi connectivity index (χ1v) is 5.09. The molecular formula is C8H6BrF3N2O2. The molecule has 0 aromatic carbocycles. The highest BCUT2D eigenvalue weighted by atomic mass is 79.9. The Morgan fingerprint density at radius 3 is 2.62 bits per heavy atom. The molecule has 4 nitrogen and oxygen atoms in total. The third kappa shape index (κ3) is 2.69. The summed E-state index contributed by atoms with van der Waals surface area (Å²) in [6.45, 7) is 0. The van der Waals surface area contributed by atoms with Gasteiger partial charge in [0.25, 0.3) is 0 Å². The second kappa shape index (κ2) is 4.77. The van der Waals surface area contributed by atoms with E-state index in [1.165, 1.54) is 0 Å². The van der Waals surface area contributed by atoms with E-state index in [0.717, 1.165) is 13.3 Å². The van der Waals surface area contributed by atoms with Gasteiger partial charge in [0, 0.05) is 5.33 Å². The van der Waals surface area contributed by atoms with Gasteiger partial charge in [0.2, 0.25) is 0 Å². The molecule has 1 rings (SSSR count). The Morgan fingerprint density at radius 2 is 2.19 bits per heavy atom. The van der Waals surface area contributed by atoms with Crippen LogP contribution < -0.4 is 0 Å². The molecule has 0 spiro atoms. The van der Waals surface area contributed by atoms with Crippen LogP contribution in [0.4, 0.5) is 13.2 Å². The van der Waals surface area contributed by atoms with Crippen molar-refractivity contribution in [3.63, 3.8) is 0 Å². The first-order chi connectivity index (χ1) is 7.40. The lowest BCUT2D eigenvalue weighted by Crippen LogP contribution is -2.16. The fraction of sp³-hybridized carbons (Fsp3) is 0.375. The number of alkyl halides is 4. The van der Waals surface area contributed by atoms with E-state index in [2.05, 4.69) is 30.6 Å². The number of carbonyl (C=O) groups is 1. The minimum absolute atomic E-state index is 0.101. The van der Waals surface area contributed by atoms with Gasteiger partial charge in [0.15, 0.2) is 11.4 Å². The molecule has 0 aliphatic heterocycles. The zero-order valence-corrected chi connectivity index (χ0v) is 9.59. The molecule has 88 valence electrons. The van der Waals surface area contributed by atoms with Crippen LogP contribution in [0.3, 0.4) is 0 Å². The van der Waals surface area contributed by atoms with Gasteiger partial charge < -0.3 is 4.74 Å². The van der Waals surface area contributed by atoms with E-state index >= 15 is 0 Å². The molecule has 1 aromatic rings. The van der Waals surface area contributed by atoms with Crippen LogP contribution >= 0.6 is 15.9 Å². The SMILES string of the molecule is COC(=O)c1cnc(CBr)c(C(F)(F)F)n1. The van der Waals surface area contributed by atoms with E-state index in [1.54, 1.807) is 0 Å². The van der Waals surface area contributed by atoms with Crippen LogP contribution in [-0.4, -0.2) is 23.0 Å². The maximum absolute atomic E-state index is 12.5. The van der Waals surface area contributed by atoms with Crippen molar-refractivity contribution >= 4 is 21.9 Å². The predicted molar refractivity (Wildman–Crippen MR) is 51.0 cm³/mol. The summed E-state index contributed by atoms with van der Waals surface area (Å²) in [7, 11) is 1.05. The van der Waals surface area contributed by atoms with Crippen LogP contribution in [-0.2, 0) is 16.2 Å². The average molecular weight is 299 g/mol. The summed E-state index contributed by atoms with van der Waals surface area (Å²) in [4.78, 5) is 17.7. The Hall–Kier alpha value is -1.18. The second-order valence-electron chi connectivity index (χ2n) is 2.67. The molecule has 16 heavy (non-hydrogen) atoms. The van der Waals surface area contributed by atoms with Crippen LogP contribution in [0.2, 0.25) is 0 Å². The highest BCUT2D eigenvalue weighted by Gasteiger charge is 2.36. The zero-order chi connectivity index (χ0) is 12.3. The summed E-state index contributed by atoms with van der Waals surface area (Å²) >= 11 is 2.86. The van der Waals surface area contributed by atoms with Crippen molar-refractivity contribution < 1.29 is 22.7 Å². The molecule has 0 N–H and O–H groups in total. The van der Waals surface area contributed by atoms with Crippen molar-refractivity contribution in [1.82, 2.24) is 9.97 Å². The monoisotopic (exact) mass is 298 g/mol. The smallest absolute Gasteiger partial charge is 0.435 e. The summed E-state index contributed by atoms with van der Waals surface area (Å²) < 4.78 is 41.8. The van der Waals surface area contributed by atoms with E-state index in [0.29, 0.717) is 0 Å². The normalized spacial score (nSPS) is 11.3. The fourth-order valence-electron chi connectivity index (χ4n) is 0.942. The number of ether oxygens (including phenoxy) is 1. The van der Waals surface area contributed by atoms with Crippen molar-refractivity contribution in [1.29, 1.82) is 0 Å². The van der Waals surface area contributed by atoms with Crippen LogP contribution in [0.1, 0.15) is 21.9 Å². The number of hydrogen-bond donors (Lipinski definition) is 0. The maximum Gasteiger partial charge on any atom is 0.435 e. The molecule has 1 heterocycles. The highest BCUT2D eigenvalue weighted by molar-refractivity contribution is 9.08. The summed E-state index contributed by atoms with van der Waals surface area (Å²) in [5.74, 6) is -0.959. The number of rotatable bonds is 2. The van der Waals surface area contributed by atoms with E-state index in [9.17, 15) is 18.0 Å². The Kier molecular flexibility index (Phi) is 3.84. The van der Waals surface area contributed by atoms with E-state index < -0.39 is 23.5 Å². The van der Waals surface area contributed by atoms with E-state index in [1.807, 2.05) is 0 Å². The maximum atomic E-state index is 12.5. The van der Waals surface area contributed by atoms with Gasteiger partial charge in [-0.15, -0.1) is 0 Å². The van der Waals surface area contributed by atoms with Gasteiger partial charge in [-0.2, -0.15) is 13.2 Å². The van der Waals surface area contributed by atoms with Crippen LogP contribution in [0.5, 0.6) is 0 Å². The minimum Gasteiger partial charge on any atom is -0.464 e. The molecule has 0 saturated carbocycles. The van der Waals surface area contributed by atoms with Gasteiger partial charge in [0.1, 0.15) is 0 Å². The molecule has 0 radical (unpaired) electrons. The quantitative estimate of drug-likeness (QED) is 0.620. The summed E-state index contributed by atoms with van der Waals surface area (Å²) in [6.07, 6.45) is -3.71. The van der Waals surface area contributed by atoms with Crippen LogP contribution in [0, 0.1) is 0 Å². The van der Waals surface area contributed by atoms with Crippen LogP contribution in [0.15, 0.2) is 6.20 Å². The largest absolute Gasteiger partial charge is 0.464 e. The second-order valence-corrected chi connectivity index (χ2v) is 3.23. The zero-order valence-electron chi connectivity index (χ0n) is 8.01. The molecular weight excluding hydrogens is 293 g/mol. The number of hydrogen-bond acceptors (Lipinski definition) is 4. The van der Waals surface area contributed by atoms with Gasteiger partial charge in [-0.05, 0) is 0 Å². The van der Waals surface area contributed by atoms with Crippen molar-refractivity contribution in [2.24, 2.45) is 0 Å². The third-order valence-corrected chi connectivity index (χ3v) is 2.17. The molecule has 0 saturated heterocycles. The molecule has 0 aliphatic rings. The minimum atomic E-state index is -4.65. The Balaban J connectivity index is 3.27. The van der Waals surface area contributed by atoms with E-state index in [-0.39, 0.29) is 11.0 Å². The van der Waals surface area contributed by atoms with Crippen molar-refractivity contribution in [3.05, 3.63) is 23.3 Å². The van der Waals surface area contributed by atoms with Crippen molar-refractivity contribution in [2.75, 3.05) is 7.11 Å². The highest BCUT2D eigenvalue weighted by Crippen LogP contribution is 2.30. The molecule has 0 aliphatic carbocycles. The van der Waals surface area contributed by atoms with Gasteiger partial charge in [-0.25, -0.2) is 9.78 Å². The first-order valence-electron chi connectivity index (χ1n) is 3.97. The number of halogens is 4. The summed E-state index contributed by atoms with van der Waals surface area (Å²) in [6, 6.07) is 0. The van der Waals surface area contributed by atoms with Crippen molar-refractivity contribution in [2.45, 2.75) is 11.5 Å². The predicted octanol–water partition coefficient (Wildman–Crippen LogP) is 2.18. The number of methoxy groups -OCH3 is 1. The van der Waals surface area contributed by atoms with Gasteiger partial charge >= 0.3 is 12.1 Å². The first kappa shape index (κ1) is 12.9. The third-order valence-electron chi connectivity index (χ3n) is 1.64. The van der Waals surface area contributed by atoms with Gasteiger partial charge in [0.05, 0.1) is 19.0 Å². The summed E-state index contributed by atoms with van der Waals surface area (Å²) in [5.41, 5.74) is -1.94. The molecule has 0 fully saturated rings. The fourth-order valence-corrected chi connectivity index (χ4v) is 1.35. The molecule has 0 unspecified atom stereocenters. The Morgan fingerprint density at radius 1 is 1.56 bits per heavy atom. The lowest BCUT2D eigenvalue weighted by Gasteiger charge is -2.10. The summed E-state index contributed by atoms with van der Waals surface area (Å²) in [5, 5.41) is -0.101. The molecule has 1 aromatic heterocycles. The topological polar surface area (TPSA) is 52.1 Å². The number of carbonyl (C=O) groups excluding carboxylic acids is 1. The number of esters is 1. The van der Waals surface area contributed by atoms with Gasteiger partial charge in [-0.1, -0.05) is 15.9 Å². The average Bonchev–Trinajstić information content (AvgIpc) is 2.26. The standard InChI is InChI=1S/C8H6BrF3N2O2/c1-16-7(15)5-3-13-4(2-9)6(14-5)8(10,11)12/h3H,2H2,1H3. The van der Waals surface area contributed by atoms with Crippen molar-refractivity contribution in [3.8, 4) is 0 Å². The Bertz CT molecular complexity index is 409. The van der Waals surface area contributed by atoms with E-state index in [4.69, 9.17) is 0 Å². The number of nitrogens with zero attached hydrogens (tertiary/aromatic N) is 2. The number of aromatic nitrogens is 2. The molecule has 0 amide bonds. The van der Waals surface area contributed by atoms with Crippen LogP contribution in [0.25, 0.3) is 0 Å². The Labute approximate surface area is 97.0 Å².